The summed E-state index contributed by atoms with van der Waals surface area (Å²) in [6.45, 7) is 6.14. The largest absolute Gasteiger partial charge is 0.494 e. The molecular weight excluding hydrogens is 266 g/mol. The van der Waals surface area contributed by atoms with E-state index >= 15 is 0 Å². The molecule has 0 spiro atoms. The summed E-state index contributed by atoms with van der Waals surface area (Å²) >= 11 is 5.40. The lowest BCUT2D eigenvalue weighted by Gasteiger charge is -2.09. The van der Waals surface area contributed by atoms with E-state index in [2.05, 4.69) is 19.2 Å². The lowest BCUT2D eigenvalue weighted by atomic mass is 10.2. The summed E-state index contributed by atoms with van der Waals surface area (Å²) in [6, 6.07) is 8.05. The molecular formula is C17H27NOS. The van der Waals surface area contributed by atoms with Crippen molar-refractivity contribution < 1.29 is 4.74 Å². The van der Waals surface area contributed by atoms with E-state index in [4.69, 9.17) is 17.0 Å². The third-order valence-corrected chi connectivity index (χ3v) is 3.58. The molecule has 0 heterocycles. The van der Waals surface area contributed by atoms with Crippen molar-refractivity contribution in [3.63, 3.8) is 0 Å². The molecule has 0 saturated heterocycles. The lowest BCUT2D eigenvalue weighted by Crippen LogP contribution is -2.23. The molecule has 0 bridgehead atoms. The Morgan fingerprint density at radius 2 is 1.70 bits per heavy atom. The maximum absolute atomic E-state index is 5.64. The first kappa shape index (κ1) is 17.0. The second kappa shape index (κ2) is 10.7. The van der Waals surface area contributed by atoms with Crippen molar-refractivity contribution in [1.29, 1.82) is 0 Å². The number of unbranched alkanes of at least 4 members (excludes halogenated alkanes) is 4. The van der Waals surface area contributed by atoms with E-state index in [0.717, 1.165) is 42.3 Å². The molecule has 0 radical (unpaired) electrons. The molecule has 1 aromatic rings. The van der Waals surface area contributed by atoms with E-state index in [9.17, 15) is 0 Å². The van der Waals surface area contributed by atoms with Gasteiger partial charge in [-0.2, -0.15) is 0 Å². The van der Waals surface area contributed by atoms with Crippen LogP contribution in [0.4, 0.5) is 0 Å². The summed E-state index contributed by atoms with van der Waals surface area (Å²) < 4.78 is 5.64. The van der Waals surface area contributed by atoms with Crippen molar-refractivity contribution >= 4 is 17.2 Å². The second-order valence-corrected chi connectivity index (χ2v) is 5.45. The fourth-order valence-corrected chi connectivity index (χ4v) is 2.13. The first-order chi connectivity index (χ1) is 9.77. The smallest absolute Gasteiger partial charge is 0.119 e. The highest BCUT2D eigenvalue weighted by Gasteiger charge is 2.01. The Labute approximate surface area is 128 Å². The monoisotopic (exact) mass is 293 g/mol. The third kappa shape index (κ3) is 6.90. The minimum absolute atomic E-state index is 0.788. The van der Waals surface area contributed by atoms with Crippen molar-refractivity contribution in [3.05, 3.63) is 29.8 Å². The zero-order valence-electron chi connectivity index (χ0n) is 12.8. The van der Waals surface area contributed by atoms with Gasteiger partial charge in [-0.25, -0.2) is 0 Å². The van der Waals surface area contributed by atoms with Crippen LogP contribution in [-0.2, 0) is 0 Å². The van der Waals surface area contributed by atoms with Crippen LogP contribution in [0.25, 0.3) is 0 Å². The molecule has 1 aromatic carbocycles. The molecule has 0 aromatic heterocycles. The van der Waals surface area contributed by atoms with Crippen LogP contribution in [0.15, 0.2) is 24.3 Å². The molecule has 0 fully saturated rings. The number of nitrogens with one attached hydrogen (secondary N) is 1. The molecule has 0 aliphatic carbocycles. The van der Waals surface area contributed by atoms with Gasteiger partial charge >= 0.3 is 0 Å². The highest BCUT2D eigenvalue weighted by Crippen LogP contribution is 2.13. The minimum atomic E-state index is 0.788. The summed E-state index contributed by atoms with van der Waals surface area (Å²) in [7, 11) is 0. The number of hydrogen-bond acceptors (Lipinski definition) is 2. The Bertz CT molecular complexity index is 375. The summed E-state index contributed by atoms with van der Waals surface area (Å²) in [5.41, 5.74) is 1.07. The molecule has 0 atom stereocenters. The van der Waals surface area contributed by atoms with Gasteiger partial charge in [0.15, 0.2) is 0 Å². The van der Waals surface area contributed by atoms with Gasteiger partial charge in [-0.3, -0.25) is 0 Å². The van der Waals surface area contributed by atoms with Gasteiger partial charge in [0.05, 0.1) is 6.61 Å². The maximum Gasteiger partial charge on any atom is 0.119 e. The molecule has 1 N–H and O–H groups in total. The van der Waals surface area contributed by atoms with Crippen LogP contribution in [0.1, 0.15) is 57.9 Å². The van der Waals surface area contributed by atoms with E-state index in [1.807, 2.05) is 24.3 Å². The van der Waals surface area contributed by atoms with Crippen LogP contribution < -0.4 is 10.1 Å². The minimum Gasteiger partial charge on any atom is -0.494 e. The Balaban J connectivity index is 2.30. The van der Waals surface area contributed by atoms with E-state index in [0.29, 0.717) is 0 Å². The Kier molecular flexibility index (Phi) is 9.05. The van der Waals surface area contributed by atoms with Crippen LogP contribution in [0.3, 0.4) is 0 Å². The van der Waals surface area contributed by atoms with E-state index < -0.39 is 0 Å². The predicted molar refractivity (Wildman–Crippen MR) is 90.7 cm³/mol. The SMILES string of the molecule is CCCCCCNC(=S)c1ccc(OCCCC)cc1. The van der Waals surface area contributed by atoms with Gasteiger partial charge < -0.3 is 10.1 Å². The van der Waals surface area contributed by atoms with Crippen molar-refractivity contribution in [2.24, 2.45) is 0 Å². The average Bonchev–Trinajstić information content (AvgIpc) is 2.48. The van der Waals surface area contributed by atoms with Crippen LogP contribution in [-0.4, -0.2) is 18.1 Å². The molecule has 1 rings (SSSR count). The maximum atomic E-state index is 5.64. The van der Waals surface area contributed by atoms with Crippen molar-refractivity contribution in [3.8, 4) is 5.75 Å². The predicted octanol–water partition coefficient (Wildman–Crippen LogP) is 4.71. The quantitative estimate of drug-likeness (QED) is 0.498. The zero-order valence-corrected chi connectivity index (χ0v) is 13.6. The van der Waals surface area contributed by atoms with Crippen molar-refractivity contribution in [1.82, 2.24) is 5.32 Å². The average molecular weight is 293 g/mol. The van der Waals surface area contributed by atoms with Crippen LogP contribution in [0.5, 0.6) is 5.75 Å². The molecule has 3 heteroatoms. The highest BCUT2D eigenvalue weighted by atomic mass is 32.1. The number of hydrogen-bond donors (Lipinski definition) is 1. The van der Waals surface area contributed by atoms with Gasteiger partial charge in [-0.1, -0.05) is 51.7 Å². The molecule has 0 saturated carbocycles. The van der Waals surface area contributed by atoms with Gasteiger partial charge in [0.25, 0.3) is 0 Å². The summed E-state index contributed by atoms with van der Waals surface area (Å²) in [5.74, 6) is 0.924. The summed E-state index contributed by atoms with van der Waals surface area (Å²) in [4.78, 5) is 0.835. The zero-order chi connectivity index (χ0) is 14.6. The summed E-state index contributed by atoms with van der Waals surface area (Å²) in [5, 5.41) is 3.32. The normalized spacial score (nSPS) is 10.3. The molecule has 0 aliphatic heterocycles. The Morgan fingerprint density at radius 3 is 2.35 bits per heavy atom. The fraction of sp³-hybridized carbons (Fsp3) is 0.588. The number of rotatable bonds is 10. The molecule has 0 unspecified atom stereocenters. The van der Waals surface area contributed by atoms with E-state index in [1.165, 1.54) is 25.7 Å². The molecule has 2 nitrogen and oxygen atoms in total. The number of ether oxygens (including phenoxy) is 1. The van der Waals surface area contributed by atoms with Gasteiger partial charge in [-0.05, 0) is 37.1 Å². The lowest BCUT2D eigenvalue weighted by molar-refractivity contribution is 0.309. The second-order valence-electron chi connectivity index (χ2n) is 5.04. The van der Waals surface area contributed by atoms with E-state index in [-0.39, 0.29) is 0 Å². The molecule has 0 aliphatic rings. The van der Waals surface area contributed by atoms with Crippen LogP contribution in [0, 0.1) is 0 Å². The van der Waals surface area contributed by atoms with Gasteiger partial charge in [0.1, 0.15) is 10.7 Å². The first-order valence-corrected chi connectivity index (χ1v) is 8.19. The number of benzene rings is 1. The van der Waals surface area contributed by atoms with Crippen LogP contribution in [0.2, 0.25) is 0 Å². The Morgan fingerprint density at radius 1 is 1.00 bits per heavy atom. The molecule has 0 amide bonds. The van der Waals surface area contributed by atoms with Crippen molar-refractivity contribution in [2.75, 3.05) is 13.2 Å². The standard InChI is InChI=1S/C17H27NOS/c1-3-5-7-8-13-18-17(20)15-9-11-16(12-10-15)19-14-6-4-2/h9-12H,3-8,13-14H2,1-2H3,(H,18,20). The highest BCUT2D eigenvalue weighted by molar-refractivity contribution is 7.80. The van der Waals surface area contributed by atoms with Crippen molar-refractivity contribution in [2.45, 2.75) is 52.4 Å². The van der Waals surface area contributed by atoms with Gasteiger partial charge in [-0.15, -0.1) is 0 Å². The Hall–Kier alpha value is -1.09. The first-order valence-electron chi connectivity index (χ1n) is 7.79. The van der Waals surface area contributed by atoms with Gasteiger partial charge in [0.2, 0.25) is 0 Å². The fourth-order valence-electron chi connectivity index (χ4n) is 1.89. The van der Waals surface area contributed by atoms with E-state index in [1.54, 1.807) is 0 Å². The van der Waals surface area contributed by atoms with Gasteiger partial charge in [0, 0.05) is 12.1 Å². The van der Waals surface area contributed by atoms with Crippen LogP contribution >= 0.6 is 12.2 Å². The molecule has 20 heavy (non-hydrogen) atoms. The topological polar surface area (TPSA) is 21.3 Å². The summed E-state index contributed by atoms with van der Waals surface area (Å²) in [6.07, 6.45) is 7.29. The molecule has 112 valence electrons. The third-order valence-electron chi connectivity index (χ3n) is 3.20. The number of thiocarbonyl (C=S) groups is 1.